The fourth-order valence-corrected chi connectivity index (χ4v) is 5.57. The minimum atomic E-state index is -0.200. The van der Waals surface area contributed by atoms with Crippen LogP contribution < -0.4 is 9.47 Å². The number of thiophene rings is 1. The monoisotopic (exact) mass is 506 g/mol. The Morgan fingerprint density at radius 3 is 2.39 bits per heavy atom. The van der Waals surface area contributed by atoms with E-state index < -0.39 is 0 Å². The molecule has 0 aliphatic carbocycles. The highest BCUT2D eigenvalue weighted by Gasteiger charge is 2.34. The van der Waals surface area contributed by atoms with Crippen LogP contribution in [0.1, 0.15) is 57.7 Å². The molecule has 36 heavy (non-hydrogen) atoms. The number of fused-ring (bicyclic) bond motifs is 1. The van der Waals surface area contributed by atoms with Crippen molar-refractivity contribution in [2.75, 3.05) is 33.9 Å². The highest BCUT2D eigenvalue weighted by molar-refractivity contribution is 7.10. The van der Waals surface area contributed by atoms with Crippen LogP contribution in [-0.4, -0.2) is 55.5 Å². The minimum Gasteiger partial charge on any atom is -0.497 e. The van der Waals surface area contributed by atoms with Crippen molar-refractivity contribution in [1.29, 1.82) is 0 Å². The van der Waals surface area contributed by atoms with Gasteiger partial charge in [-0.15, -0.1) is 11.3 Å². The van der Waals surface area contributed by atoms with E-state index in [1.54, 1.807) is 48.7 Å². The predicted molar refractivity (Wildman–Crippen MR) is 143 cm³/mol. The molecule has 0 saturated carbocycles. The molecule has 2 aromatic carbocycles. The van der Waals surface area contributed by atoms with Crippen LogP contribution in [-0.2, 0) is 11.2 Å². The zero-order valence-electron chi connectivity index (χ0n) is 21.5. The third kappa shape index (κ3) is 5.57. The molecule has 1 aromatic heterocycles. The fourth-order valence-electron chi connectivity index (χ4n) is 4.66. The van der Waals surface area contributed by atoms with Crippen molar-refractivity contribution in [2.45, 2.75) is 39.2 Å². The van der Waals surface area contributed by atoms with Gasteiger partial charge in [-0.3, -0.25) is 9.59 Å². The van der Waals surface area contributed by atoms with E-state index in [1.807, 2.05) is 4.90 Å². The van der Waals surface area contributed by atoms with Gasteiger partial charge >= 0.3 is 0 Å². The number of rotatable bonds is 9. The van der Waals surface area contributed by atoms with E-state index in [4.69, 9.17) is 9.47 Å². The van der Waals surface area contributed by atoms with Gasteiger partial charge in [0.1, 0.15) is 18.0 Å². The Hall–Kier alpha value is -3.32. The summed E-state index contributed by atoms with van der Waals surface area (Å²) in [6.07, 6.45) is 2.57. The molecule has 0 radical (unpaired) electrons. The number of nitrogens with zero attached hydrogens (tertiary/aromatic N) is 2. The van der Waals surface area contributed by atoms with Crippen molar-refractivity contribution in [2.24, 2.45) is 0 Å². The number of carbonyl (C=O) groups excluding carboxylic acids is 2. The molecule has 7 heteroatoms. The maximum absolute atomic E-state index is 13.8. The van der Waals surface area contributed by atoms with Gasteiger partial charge in [-0.2, -0.15) is 0 Å². The molecule has 1 aliphatic heterocycles. The Balaban J connectivity index is 1.62. The zero-order chi connectivity index (χ0) is 25.7. The maximum atomic E-state index is 13.8. The molecular weight excluding hydrogens is 472 g/mol. The van der Waals surface area contributed by atoms with Crippen LogP contribution in [0.2, 0.25) is 0 Å². The van der Waals surface area contributed by atoms with Crippen LogP contribution in [0.3, 0.4) is 0 Å². The minimum absolute atomic E-state index is 0.0280. The van der Waals surface area contributed by atoms with E-state index in [-0.39, 0.29) is 24.4 Å². The third-order valence-electron chi connectivity index (χ3n) is 6.67. The zero-order valence-corrected chi connectivity index (χ0v) is 22.3. The summed E-state index contributed by atoms with van der Waals surface area (Å²) in [5, 5.41) is 2.10. The average Bonchev–Trinajstić information content (AvgIpc) is 3.39. The summed E-state index contributed by atoms with van der Waals surface area (Å²) in [6, 6.07) is 15.5. The van der Waals surface area contributed by atoms with E-state index in [2.05, 4.69) is 49.6 Å². The van der Waals surface area contributed by atoms with Crippen molar-refractivity contribution in [3.05, 3.63) is 81.0 Å². The van der Waals surface area contributed by atoms with Crippen molar-refractivity contribution >= 4 is 23.2 Å². The van der Waals surface area contributed by atoms with Gasteiger partial charge < -0.3 is 19.3 Å². The fraction of sp³-hybridized carbons (Fsp3) is 0.379. The number of benzene rings is 2. The summed E-state index contributed by atoms with van der Waals surface area (Å²) in [7, 11) is 3.11. The van der Waals surface area contributed by atoms with Gasteiger partial charge in [0.05, 0.1) is 20.3 Å². The van der Waals surface area contributed by atoms with Crippen molar-refractivity contribution in [1.82, 2.24) is 9.80 Å². The van der Waals surface area contributed by atoms with Crippen LogP contribution >= 0.6 is 11.3 Å². The molecule has 1 atom stereocenters. The molecule has 4 rings (SSSR count). The molecule has 0 spiro atoms. The van der Waals surface area contributed by atoms with Crippen molar-refractivity contribution in [3.8, 4) is 11.5 Å². The Labute approximate surface area is 217 Å². The van der Waals surface area contributed by atoms with Crippen molar-refractivity contribution < 1.29 is 19.1 Å². The Kier molecular flexibility index (Phi) is 8.31. The number of ether oxygens (including phenoxy) is 2. The second-order valence-corrected chi connectivity index (χ2v) is 10.1. The summed E-state index contributed by atoms with van der Waals surface area (Å²) >= 11 is 1.75. The number of hydrogen-bond acceptors (Lipinski definition) is 5. The van der Waals surface area contributed by atoms with Gasteiger partial charge in [-0.25, -0.2) is 0 Å². The number of carbonyl (C=O) groups is 2. The molecule has 2 heterocycles. The van der Waals surface area contributed by atoms with E-state index >= 15 is 0 Å². The first-order valence-electron chi connectivity index (χ1n) is 12.4. The lowest BCUT2D eigenvalue weighted by Gasteiger charge is -2.37. The van der Waals surface area contributed by atoms with E-state index in [0.717, 1.165) is 24.8 Å². The summed E-state index contributed by atoms with van der Waals surface area (Å²) in [5.74, 6) is 0.839. The Bertz CT molecular complexity index is 1180. The highest BCUT2D eigenvalue weighted by atomic mass is 32.1. The van der Waals surface area contributed by atoms with Gasteiger partial charge in [-0.05, 0) is 54.5 Å². The molecule has 2 amide bonds. The standard InChI is InChI=1S/C29H34N2O4S/c1-5-6-13-30(29(33)22-16-23(34-3)18-24(17-22)35-4)19-27(32)31-14-11-26-25(12-15-36-26)28(31)21-9-7-20(2)8-10-21/h7-10,12,15-18,28H,5-6,11,13-14,19H2,1-4H3. The van der Waals surface area contributed by atoms with E-state index in [1.165, 1.54) is 16.0 Å². The second kappa shape index (κ2) is 11.6. The van der Waals surface area contributed by atoms with Gasteiger partial charge in [0.15, 0.2) is 0 Å². The Morgan fingerprint density at radius 1 is 1.06 bits per heavy atom. The van der Waals surface area contributed by atoms with Gasteiger partial charge in [0.2, 0.25) is 5.91 Å². The first-order valence-corrected chi connectivity index (χ1v) is 13.3. The predicted octanol–water partition coefficient (Wildman–Crippen LogP) is 5.49. The molecule has 3 aromatic rings. The molecule has 6 nitrogen and oxygen atoms in total. The number of hydrogen-bond donors (Lipinski definition) is 0. The summed E-state index contributed by atoms with van der Waals surface area (Å²) in [6.45, 7) is 5.31. The van der Waals surface area contributed by atoms with Crippen LogP contribution in [0.25, 0.3) is 0 Å². The van der Waals surface area contributed by atoms with Crippen molar-refractivity contribution in [3.63, 3.8) is 0 Å². The van der Waals surface area contributed by atoms with E-state index in [0.29, 0.717) is 30.2 Å². The number of unbranched alkanes of at least 4 members (excludes halogenated alkanes) is 1. The smallest absolute Gasteiger partial charge is 0.254 e. The maximum Gasteiger partial charge on any atom is 0.254 e. The highest BCUT2D eigenvalue weighted by Crippen LogP contribution is 2.38. The molecular formula is C29H34N2O4S. The molecule has 190 valence electrons. The Morgan fingerprint density at radius 2 is 1.75 bits per heavy atom. The van der Waals surface area contributed by atoms with Crippen LogP contribution in [0.4, 0.5) is 0 Å². The lowest BCUT2D eigenvalue weighted by Crippen LogP contribution is -2.47. The first-order chi connectivity index (χ1) is 17.4. The van der Waals surface area contributed by atoms with Crippen LogP contribution in [0, 0.1) is 6.92 Å². The second-order valence-electron chi connectivity index (χ2n) is 9.13. The summed E-state index contributed by atoms with van der Waals surface area (Å²) in [5.41, 5.74) is 3.91. The third-order valence-corrected chi connectivity index (χ3v) is 7.67. The van der Waals surface area contributed by atoms with Gasteiger partial charge in [0.25, 0.3) is 5.91 Å². The average molecular weight is 507 g/mol. The van der Waals surface area contributed by atoms with Crippen LogP contribution in [0.15, 0.2) is 53.9 Å². The lowest BCUT2D eigenvalue weighted by atomic mass is 9.92. The number of aryl methyl sites for hydroxylation is 1. The number of methoxy groups -OCH3 is 2. The lowest BCUT2D eigenvalue weighted by molar-refractivity contribution is -0.134. The quantitative estimate of drug-likeness (QED) is 0.385. The molecule has 0 N–H and O–H groups in total. The number of amides is 2. The van der Waals surface area contributed by atoms with E-state index in [9.17, 15) is 9.59 Å². The SMILES string of the molecule is CCCCN(CC(=O)N1CCc2sccc2C1c1ccc(C)cc1)C(=O)c1cc(OC)cc(OC)c1. The summed E-state index contributed by atoms with van der Waals surface area (Å²) < 4.78 is 10.7. The molecule has 1 unspecified atom stereocenters. The van der Waals surface area contributed by atoms with Gasteiger partial charge in [0, 0.05) is 29.6 Å². The molecule has 0 saturated heterocycles. The van der Waals surface area contributed by atoms with Gasteiger partial charge in [-0.1, -0.05) is 43.2 Å². The molecule has 1 aliphatic rings. The normalized spacial score (nSPS) is 14.8. The topological polar surface area (TPSA) is 59.1 Å². The largest absolute Gasteiger partial charge is 0.497 e. The molecule has 0 fully saturated rings. The first kappa shape index (κ1) is 25.8. The summed E-state index contributed by atoms with van der Waals surface area (Å²) in [4.78, 5) is 32.3. The molecule has 0 bridgehead atoms. The van der Waals surface area contributed by atoms with Crippen LogP contribution in [0.5, 0.6) is 11.5 Å².